The van der Waals surface area contributed by atoms with Crippen LogP contribution in [-0.4, -0.2) is 4.98 Å². The van der Waals surface area contributed by atoms with Crippen LogP contribution in [0.25, 0.3) is 0 Å². The molecule has 0 amide bonds. The molecule has 72 valence electrons. The van der Waals surface area contributed by atoms with Crippen LogP contribution >= 0.6 is 27.5 Å². The van der Waals surface area contributed by atoms with Gasteiger partial charge in [-0.15, -0.1) is 11.6 Å². The van der Waals surface area contributed by atoms with Crippen molar-refractivity contribution in [1.29, 1.82) is 0 Å². The van der Waals surface area contributed by atoms with Crippen LogP contribution < -0.4 is 0 Å². The second-order valence-corrected chi connectivity index (χ2v) is 3.48. The van der Waals surface area contributed by atoms with Crippen molar-refractivity contribution >= 4 is 27.5 Å². The quantitative estimate of drug-likeness (QED) is 0.713. The zero-order valence-corrected chi connectivity index (χ0v) is 8.54. The summed E-state index contributed by atoms with van der Waals surface area (Å²) in [5.41, 5.74) is -0.950. The minimum atomic E-state index is -4.44. The van der Waals surface area contributed by atoms with Crippen LogP contribution in [0.5, 0.6) is 0 Å². The molecule has 0 unspecified atom stereocenters. The van der Waals surface area contributed by atoms with Crippen LogP contribution in [0.1, 0.15) is 11.3 Å². The molecule has 0 saturated heterocycles. The highest BCUT2D eigenvalue weighted by molar-refractivity contribution is 9.10. The highest BCUT2D eigenvalue weighted by Gasteiger charge is 2.34. The van der Waals surface area contributed by atoms with Crippen LogP contribution in [0.3, 0.4) is 0 Å². The lowest BCUT2D eigenvalue weighted by atomic mass is 10.2. The van der Waals surface area contributed by atoms with E-state index in [0.29, 0.717) is 4.47 Å². The van der Waals surface area contributed by atoms with Crippen LogP contribution in [0.15, 0.2) is 16.7 Å². The number of pyridine rings is 1. The third-order valence-electron chi connectivity index (χ3n) is 1.35. The Hall–Kier alpha value is -0.290. The molecule has 0 aliphatic rings. The normalized spacial score (nSPS) is 11.8. The summed E-state index contributed by atoms with van der Waals surface area (Å²) in [6.07, 6.45) is -3.34. The van der Waals surface area contributed by atoms with Gasteiger partial charge in [0.2, 0.25) is 0 Å². The van der Waals surface area contributed by atoms with E-state index in [1.54, 1.807) is 0 Å². The van der Waals surface area contributed by atoms with Gasteiger partial charge in [-0.05, 0) is 27.6 Å². The summed E-state index contributed by atoms with van der Waals surface area (Å²) >= 11 is 8.36. The Morgan fingerprint density at radius 2 is 2.08 bits per heavy atom. The topological polar surface area (TPSA) is 12.9 Å². The third kappa shape index (κ3) is 2.57. The van der Waals surface area contributed by atoms with E-state index in [2.05, 4.69) is 20.9 Å². The average molecular weight is 274 g/mol. The monoisotopic (exact) mass is 273 g/mol. The molecule has 0 aliphatic carbocycles. The molecule has 0 radical (unpaired) electrons. The number of rotatable bonds is 1. The van der Waals surface area contributed by atoms with Crippen molar-refractivity contribution < 1.29 is 13.2 Å². The van der Waals surface area contributed by atoms with Crippen molar-refractivity contribution in [3.8, 4) is 0 Å². The standard InChI is InChI=1S/C7H4BrClF3N/c8-5-1-4(2-9)6(13-3-5)7(10,11)12/h1,3H,2H2. The maximum absolute atomic E-state index is 12.2. The molecule has 1 aromatic rings. The molecule has 0 atom stereocenters. The molecule has 0 N–H and O–H groups in total. The number of nitrogens with zero attached hydrogens (tertiary/aromatic N) is 1. The van der Waals surface area contributed by atoms with E-state index < -0.39 is 11.9 Å². The molecule has 13 heavy (non-hydrogen) atoms. The first kappa shape index (κ1) is 10.8. The minimum absolute atomic E-state index is 0.0245. The largest absolute Gasteiger partial charge is 0.433 e. The second-order valence-electron chi connectivity index (χ2n) is 2.29. The summed E-state index contributed by atoms with van der Waals surface area (Å²) in [5.74, 6) is -0.207. The summed E-state index contributed by atoms with van der Waals surface area (Å²) in [4.78, 5) is 3.26. The Labute approximate surface area is 86.0 Å². The second kappa shape index (κ2) is 3.84. The maximum atomic E-state index is 12.2. The lowest BCUT2D eigenvalue weighted by Crippen LogP contribution is -2.11. The number of aromatic nitrogens is 1. The van der Waals surface area contributed by atoms with Crippen LogP contribution in [0, 0.1) is 0 Å². The summed E-state index contributed by atoms with van der Waals surface area (Å²) in [5, 5.41) is 0. The Balaban J connectivity index is 3.22. The number of hydrogen-bond acceptors (Lipinski definition) is 1. The van der Waals surface area contributed by atoms with Gasteiger partial charge in [0, 0.05) is 16.5 Å². The van der Waals surface area contributed by atoms with Crippen molar-refractivity contribution in [3.05, 3.63) is 28.0 Å². The van der Waals surface area contributed by atoms with Gasteiger partial charge in [0.05, 0.1) is 0 Å². The Kier molecular flexibility index (Phi) is 3.18. The summed E-state index contributed by atoms with van der Waals surface area (Å²) < 4.78 is 37.2. The number of alkyl halides is 4. The molecular weight excluding hydrogens is 270 g/mol. The molecular formula is C7H4BrClF3N. The van der Waals surface area contributed by atoms with Crippen LogP contribution in [0.4, 0.5) is 13.2 Å². The molecule has 0 aliphatic heterocycles. The van der Waals surface area contributed by atoms with Crippen molar-refractivity contribution in [2.24, 2.45) is 0 Å². The molecule has 0 fully saturated rings. The highest BCUT2D eigenvalue weighted by atomic mass is 79.9. The van der Waals surface area contributed by atoms with Gasteiger partial charge in [-0.25, -0.2) is 0 Å². The molecule has 0 aromatic carbocycles. The third-order valence-corrected chi connectivity index (χ3v) is 2.07. The molecule has 1 heterocycles. The maximum Gasteiger partial charge on any atom is 0.433 e. The first-order valence-corrected chi connectivity index (χ1v) is 4.55. The lowest BCUT2D eigenvalue weighted by molar-refractivity contribution is -0.141. The van der Waals surface area contributed by atoms with Gasteiger partial charge in [-0.1, -0.05) is 0 Å². The molecule has 1 nitrogen and oxygen atoms in total. The fraction of sp³-hybridized carbons (Fsp3) is 0.286. The fourth-order valence-electron chi connectivity index (χ4n) is 0.838. The summed E-state index contributed by atoms with van der Waals surface area (Å²) in [6.45, 7) is 0. The predicted molar refractivity (Wildman–Crippen MR) is 46.5 cm³/mol. The molecule has 6 heteroatoms. The Bertz CT molecular complexity index is 313. The summed E-state index contributed by atoms with van der Waals surface area (Å²) in [6, 6.07) is 1.31. The van der Waals surface area contributed by atoms with E-state index in [9.17, 15) is 13.2 Å². The van der Waals surface area contributed by atoms with Gasteiger partial charge >= 0.3 is 6.18 Å². The average Bonchev–Trinajstić information content (AvgIpc) is 2.01. The lowest BCUT2D eigenvalue weighted by Gasteiger charge is -2.09. The minimum Gasteiger partial charge on any atom is -0.250 e. The Morgan fingerprint density at radius 1 is 1.46 bits per heavy atom. The van der Waals surface area contributed by atoms with E-state index in [-0.39, 0.29) is 11.4 Å². The van der Waals surface area contributed by atoms with Gasteiger partial charge in [0.25, 0.3) is 0 Å². The highest BCUT2D eigenvalue weighted by Crippen LogP contribution is 2.31. The van der Waals surface area contributed by atoms with Crippen molar-refractivity contribution in [2.45, 2.75) is 12.1 Å². The van der Waals surface area contributed by atoms with E-state index >= 15 is 0 Å². The van der Waals surface area contributed by atoms with Crippen LogP contribution in [0.2, 0.25) is 0 Å². The smallest absolute Gasteiger partial charge is 0.250 e. The van der Waals surface area contributed by atoms with Gasteiger partial charge in [-0.2, -0.15) is 13.2 Å². The number of halogens is 5. The van der Waals surface area contributed by atoms with Crippen molar-refractivity contribution in [1.82, 2.24) is 4.98 Å². The fourth-order valence-corrected chi connectivity index (χ4v) is 1.42. The predicted octanol–water partition coefficient (Wildman–Crippen LogP) is 3.60. The van der Waals surface area contributed by atoms with E-state index in [0.717, 1.165) is 6.20 Å². The van der Waals surface area contributed by atoms with Gasteiger partial charge < -0.3 is 0 Å². The zero-order valence-electron chi connectivity index (χ0n) is 6.20. The van der Waals surface area contributed by atoms with Gasteiger partial charge in [0.1, 0.15) is 5.69 Å². The molecule has 0 spiro atoms. The van der Waals surface area contributed by atoms with E-state index in [1.165, 1.54) is 6.07 Å². The molecule has 0 saturated carbocycles. The van der Waals surface area contributed by atoms with Gasteiger partial charge in [-0.3, -0.25) is 4.98 Å². The molecule has 1 aromatic heterocycles. The van der Waals surface area contributed by atoms with E-state index in [4.69, 9.17) is 11.6 Å². The molecule has 0 bridgehead atoms. The first-order chi connectivity index (χ1) is 5.95. The Morgan fingerprint density at radius 3 is 2.54 bits per heavy atom. The first-order valence-electron chi connectivity index (χ1n) is 3.22. The number of hydrogen-bond donors (Lipinski definition) is 0. The SMILES string of the molecule is FC(F)(F)c1ncc(Br)cc1CCl. The summed E-state index contributed by atoms with van der Waals surface area (Å²) in [7, 11) is 0. The van der Waals surface area contributed by atoms with Crippen molar-refractivity contribution in [3.63, 3.8) is 0 Å². The zero-order chi connectivity index (χ0) is 10.1. The van der Waals surface area contributed by atoms with Crippen LogP contribution in [-0.2, 0) is 12.1 Å². The van der Waals surface area contributed by atoms with E-state index in [1.807, 2.05) is 0 Å². The van der Waals surface area contributed by atoms with Crippen molar-refractivity contribution in [2.75, 3.05) is 0 Å². The van der Waals surface area contributed by atoms with Gasteiger partial charge in [0.15, 0.2) is 0 Å². The molecule has 1 rings (SSSR count).